The predicted molar refractivity (Wildman–Crippen MR) is 106 cm³/mol. The molecule has 1 N–H and O–H groups in total. The van der Waals surface area contributed by atoms with Crippen LogP contribution in [0.2, 0.25) is 0 Å². The van der Waals surface area contributed by atoms with E-state index in [0.29, 0.717) is 40.5 Å². The first kappa shape index (κ1) is 19.5. The molecule has 28 heavy (non-hydrogen) atoms. The van der Waals surface area contributed by atoms with Gasteiger partial charge < -0.3 is 14.5 Å². The van der Waals surface area contributed by atoms with Crippen molar-refractivity contribution in [1.82, 2.24) is 10.2 Å². The van der Waals surface area contributed by atoms with Crippen LogP contribution in [0, 0.1) is 11.3 Å². The molecule has 0 aliphatic carbocycles. The number of anilines is 1. The summed E-state index contributed by atoms with van der Waals surface area (Å²) in [5.74, 6) is 1.34. The SMILES string of the molecule is CCOc1ccccc1-c1nnc(SCCC(=O)Nc2ccccc2C#N)o1. The zero-order valence-electron chi connectivity index (χ0n) is 15.2. The second-order valence-corrected chi connectivity index (χ2v) is 6.65. The number of benzene rings is 2. The summed E-state index contributed by atoms with van der Waals surface area (Å²) < 4.78 is 11.3. The summed E-state index contributed by atoms with van der Waals surface area (Å²) in [5, 5.41) is 20.3. The number of carbonyl (C=O) groups excluding carboxylic acids is 1. The maximum Gasteiger partial charge on any atom is 0.276 e. The van der Waals surface area contributed by atoms with Crippen molar-refractivity contribution in [3.05, 3.63) is 54.1 Å². The lowest BCUT2D eigenvalue weighted by Gasteiger charge is -2.06. The van der Waals surface area contributed by atoms with Crippen molar-refractivity contribution in [1.29, 1.82) is 5.26 Å². The highest BCUT2D eigenvalue weighted by Crippen LogP contribution is 2.30. The van der Waals surface area contributed by atoms with Crippen LogP contribution in [0.15, 0.2) is 58.2 Å². The number of nitrogens with zero attached hydrogens (tertiary/aromatic N) is 3. The molecular weight excluding hydrogens is 376 g/mol. The van der Waals surface area contributed by atoms with Crippen LogP contribution in [0.1, 0.15) is 18.9 Å². The molecule has 142 valence electrons. The molecule has 0 aliphatic rings. The first-order valence-corrected chi connectivity index (χ1v) is 9.67. The molecule has 1 heterocycles. The van der Waals surface area contributed by atoms with Crippen LogP contribution in [0.3, 0.4) is 0 Å². The molecule has 7 nitrogen and oxygen atoms in total. The largest absolute Gasteiger partial charge is 0.493 e. The molecule has 0 aliphatic heterocycles. The minimum Gasteiger partial charge on any atom is -0.493 e. The van der Waals surface area contributed by atoms with Gasteiger partial charge in [-0.05, 0) is 31.2 Å². The highest BCUT2D eigenvalue weighted by molar-refractivity contribution is 7.99. The normalized spacial score (nSPS) is 10.3. The van der Waals surface area contributed by atoms with Crippen molar-refractivity contribution >= 4 is 23.4 Å². The van der Waals surface area contributed by atoms with Crippen molar-refractivity contribution < 1.29 is 13.9 Å². The fourth-order valence-electron chi connectivity index (χ4n) is 2.43. The molecule has 0 bridgehead atoms. The Labute approximate surface area is 166 Å². The Kier molecular flexibility index (Phi) is 6.65. The van der Waals surface area contributed by atoms with Gasteiger partial charge in [0.2, 0.25) is 5.91 Å². The van der Waals surface area contributed by atoms with Gasteiger partial charge in [-0.3, -0.25) is 4.79 Å². The molecule has 0 radical (unpaired) electrons. The van der Waals surface area contributed by atoms with E-state index in [1.54, 1.807) is 24.3 Å². The van der Waals surface area contributed by atoms with Crippen LogP contribution in [-0.4, -0.2) is 28.5 Å². The fraction of sp³-hybridized carbons (Fsp3) is 0.200. The number of hydrogen-bond donors (Lipinski definition) is 1. The van der Waals surface area contributed by atoms with Gasteiger partial charge in [0.1, 0.15) is 11.8 Å². The summed E-state index contributed by atoms with van der Waals surface area (Å²) in [7, 11) is 0. The molecule has 0 unspecified atom stereocenters. The molecule has 1 aromatic heterocycles. The summed E-state index contributed by atoms with van der Waals surface area (Å²) in [4.78, 5) is 12.1. The van der Waals surface area contributed by atoms with Crippen molar-refractivity contribution in [2.24, 2.45) is 0 Å². The number of nitriles is 1. The molecule has 0 saturated heterocycles. The van der Waals surface area contributed by atoms with E-state index in [1.807, 2.05) is 31.2 Å². The van der Waals surface area contributed by atoms with Crippen LogP contribution in [0.5, 0.6) is 5.75 Å². The molecule has 3 aromatic rings. The number of para-hydroxylation sites is 2. The second kappa shape index (κ2) is 9.58. The minimum atomic E-state index is -0.184. The van der Waals surface area contributed by atoms with Crippen molar-refractivity contribution in [3.63, 3.8) is 0 Å². The van der Waals surface area contributed by atoms with Crippen LogP contribution in [0.25, 0.3) is 11.5 Å². The molecule has 0 saturated carbocycles. The maximum absolute atomic E-state index is 12.1. The first-order chi connectivity index (χ1) is 13.7. The molecule has 3 rings (SSSR count). The Bertz CT molecular complexity index is 997. The minimum absolute atomic E-state index is 0.184. The average Bonchev–Trinajstić information content (AvgIpc) is 3.18. The van der Waals surface area contributed by atoms with E-state index in [-0.39, 0.29) is 12.3 Å². The Balaban J connectivity index is 1.55. The van der Waals surface area contributed by atoms with Gasteiger partial charge in [-0.25, -0.2) is 0 Å². The van der Waals surface area contributed by atoms with Gasteiger partial charge in [0.25, 0.3) is 11.1 Å². The van der Waals surface area contributed by atoms with Gasteiger partial charge in [0.15, 0.2) is 0 Å². The first-order valence-electron chi connectivity index (χ1n) is 8.68. The number of carbonyl (C=O) groups is 1. The lowest BCUT2D eigenvalue weighted by atomic mass is 10.2. The highest BCUT2D eigenvalue weighted by Gasteiger charge is 2.14. The number of thioether (sulfide) groups is 1. The monoisotopic (exact) mass is 394 g/mol. The van der Waals surface area contributed by atoms with Crippen molar-refractivity contribution in [3.8, 4) is 23.3 Å². The average molecular weight is 394 g/mol. The quantitative estimate of drug-likeness (QED) is 0.573. The zero-order chi connectivity index (χ0) is 19.8. The van der Waals surface area contributed by atoms with Gasteiger partial charge in [-0.2, -0.15) is 5.26 Å². The van der Waals surface area contributed by atoms with Gasteiger partial charge in [-0.15, -0.1) is 10.2 Å². The number of rotatable bonds is 8. The Morgan fingerprint density at radius 2 is 2.00 bits per heavy atom. The van der Waals surface area contributed by atoms with Crippen molar-refractivity contribution in [2.75, 3.05) is 17.7 Å². The van der Waals surface area contributed by atoms with E-state index in [1.165, 1.54) is 11.8 Å². The molecule has 0 fully saturated rings. The molecule has 0 spiro atoms. The van der Waals surface area contributed by atoms with Gasteiger partial charge >= 0.3 is 0 Å². The number of amides is 1. The Morgan fingerprint density at radius 3 is 2.82 bits per heavy atom. The van der Waals surface area contributed by atoms with Gasteiger partial charge in [-0.1, -0.05) is 36.0 Å². The van der Waals surface area contributed by atoms with Crippen LogP contribution < -0.4 is 10.1 Å². The van der Waals surface area contributed by atoms with E-state index < -0.39 is 0 Å². The third kappa shape index (κ3) is 4.90. The van der Waals surface area contributed by atoms with Crippen molar-refractivity contribution in [2.45, 2.75) is 18.6 Å². The topological polar surface area (TPSA) is 101 Å². The van der Waals surface area contributed by atoms with E-state index in [4.69, 9.17) is 14.4 Å². The summed E-state index contributed by atoms with van der Waals surface area (Å²) in [5.41, 5.74) is 1.67. The molecule has 1 amide bonds. The van der Waals surface area contributed by atoms with Crippen LogP contribution in [0.4, 0.5) is 5.69 Å². The second-order valence-electron chi connectivity index (χ2n) is 5.61. The summed E-state index contributed by atoms with van der Waals surface area (Å²) in [6.07, 6.45) is 0.248. The number of nitrogens with one attached hydrogen (secondary N) is 1. The van der Waals surface area contributed by atoms with E-state index in [9.17, 15) is 4.79 Å². The van der Waals surface area contributed by atoms with E-state index in [2.05, 4.69) is 21.6 Å². The van der Waals surface area contributed by atoms with Gasteiger partial charge in [0, 0.05) is 12.2 Å². The maximum atomic E-state index is 12.1. The molecule has 2 aromatic carbocycles. The Morgan fingerprint density at radius 1 is 1.21 bits per heavy atom. The van der Waals surface area contributed by atoms with Gasteiger partial charge in [0.05, 0.1) is 23.4 Å². The number of hydrogen-bond acceptors (Lipinski definition) is 7. The van der Waals surface area contributed by atoms with Crippen LogP contribution in [-0.2, 0) is 4.79 Å². The number of aromatic nitrogens is 2. The fourth-order valence-corrected chi connectivity index (χ4v) is 3.13. The summed E-state index contributed by atoms with van der Waals surface area (Å²) in [6.45, 7) is 2.45. The summed E-state index contributed by atoms with van der Waals surface area (Å²) >= 11 is 1.30. The lowest BCUT2D eigenvalue weighted by Crippen LogP contribution is -2.13. The van der Waals surface area contributed by atoms with E-state index in [0.717, 1.165) is 5.56 Å². The molecule has 8 heteroatoms. The van der Waals surface area contributed by atoms with E-state index >= 15 is 0 Å². The molecular formula is C20H18N4O3S. The highest BCUT2D eigenvalue weighted by atomic mass is 32.2. The smallest absolute Gasteiger partial charge is 0.276 e. The third-order valence-corrected chi connectivity index (χ3v) is 4.52. The van der Waals surface area contributed by atoms with Crippen LogP contribution >= 0.6 is 11.8 Å². The third-order valence-electron chi connectivity index (χ3n) is 3.70. The lowest BCUT2D eigenvalue weighted by molar-refractivity contribution is -0.115. The molecule has 0 atom stereocenters. The predicted octanol–water partition coefficient (Wildman–Crippen LogP) is 4.13. The summed E-state index contributed by atoms with van der Waals surface area (Å²) in [6, 6.07) is 16.4. The Hall–Kier alpha value is -3.31. The standard InChI is InChI=1S/C20H18N4O3S/c1-2-26-17-10-6-4-8-15(17)19-23-24-20(27-19)28-12-11-18(25)22-16-9-5-3-7-14(16)13-21/h3-10H,2,11-12H2,1H3,(H,22,25). The zero-order valence-corrected chi connectivity index (χ0v) is 16.0. The number of ether oxygens (including phenoxy) is 1.